The van der Waals surface area contributed by atoms with Crippen molar-refractivity contribution in [2.75, 3.05) is 5.32 Å². The van der Waals surface area contributed by atoms with E-state index in [4.69, 9.17) is 5.11 Å². The maximum Gasteiger partial charge on any atom is 0.130 e. The predicted octanol–water partition coefficient (Wildman–Crippen LogP) is 2.92. The van der Waals surface area contributed by atoms with Crippen molar-refractivity contribution in [3.8, 4) is 0 Å². The van der Waals surface area contributed by atoms with Crippen molar-refractivity contribution in [3.63, 3.8) is 0 Å². The fourth-order valence-corrected chi connectivity index (χ4v) is 1.56. The van der Waals surface area contributed by atoms with Crippen molar-refractivity contribution in [2.45, 2.75) is 39.3 Å². The molecule has 0 aliphatic heterocycles. The minimum atomic E-state index is -0.355. The summed E-state index contributed by atoms with van der Waals surface area (Å²) < 4.78 is 13.3. The van der Waals surface area contributed by atoms with E-state index in [1.54, 1.807) is 12.1 Å². The molecule has 2 nitrogen and oxygen atoms in total. The van der Waals surface area contributed by atoms with E-state index in [0.29, 0.717) is 11.6 Å². The molecule has 0 bridgehead atoms. The molecule has 0 amide bonds. The molecule has 1 atom stereocenters. The van der Waals surface area contributed by atoms with Gasteiger partial charge in [0.2, 0.25) is 0 Å². The summed E-state index contributed by atoms with van der Waals surface area (Å²) in [6.45, 7) is 3.94. The third-order valence-corrected chi connectivity index (χ3v) is 2.36. The Bertz CT molecular complexity index is 314. The van der Waals surface area contributed by atoms with E-state index < -0.39 is 0 Å². The number of halogens is 1. The van der Waals surface area contributed by atoms with Gasteiger partial charge in [0.25, 0.3) is 0 Å². The van der Waals surface area contributed by atoms with E-state index in [2.05, 4.69) is 19.2 Å². The summed E-state index contributed by atoms with van der Waals surface area (Å²) in [6, 6.07) is 5.17. The van der Waals surface area contributed by atoms with E-state index in [-0.39, 0.29) is 12.4 Å². The Morgan fingerprint density at radius 2 is 2.20 bits per heavy atom. The van der Waals surface area contributed by atoms with Gasteiger partial charge in [-0.1, -0.05) is 19.4 Å². The third kappa shape index (κ3) is 3.51. The van der Waals surface area contributed by atoms with Gasteiger partial charge < -0.3 is 10.4 Å². The third-order valence-electron chi connectivity index (χ3n) is 2.36. The number of hydrogen-bond donors (Lipinski definition) is 2. The number of aliphatic hydroxyl groups excluding tert-OH is 1. The van der Waals surface area contributed by atoms with Gasteiger partial charge in [0, 0.05) is 17.3 Å². The average Bonchev–Trinajstić information content (AvgIpc) is 2.18. The van der Waals surface area contributed by atoms with Crippen molar-refractivity contribution in [3.05, 3.63) is 29.6 Å². The Morgan fingerprint density at radius 1 is 1.47 bits per heavy atom. The molecule has 0 radical (unpaired) electrons. The van der Waals surface area contributed by atoms with Crippen LogP contribution in [0.15, 0.2) is 18.2 Å². The second kappa shape index (κ2) is 5.71. The Labute approximate surface area is 90.1 Å². The fourth-order valence-electron chi connectivity index (χ4n) is 1.56. The van der Waals surface area contributed by atoms with Crippen LogP contribution < -0.4 is 5.32 Å². The van der Waals surface area contributed by atoms with Crippen LogP contribution in [0.3, 0.4) is 0 Å². The molecule has 0 aliphatic carbocycles. The number of rotatable bonds is 5. The van der Waals surface area contributed by atoms with Crippen LogP contribution in [0.5, 0.6) is 0 Å². The Morgan fingerprint density at radius 3 is 2.73 bits per heavy atom. The maximum atomic E-state index is 13.3. The van der Waals surface area contributed by atoms with Gasteiger partial charge in [-0.15, -0.1) is 0 Å². The van der Waals surface area contributed by atoms with Crippen LogP contribution in [0.2, 0.25) is 0 Å². The van der Waals surface area contributed by atoms with Crippen LogP contribution >= 0.6 is 0 Å². The van der Waals surface area contributed by atoms with Crippen molar-refractivity contribution >= 4 is 5.69 Å². The molecule has 0 saturated carbocycles. The summed E-state index contributed by atoms with van der Waals surface area (Å²) in [4.78, 5) is 0. The zero-order chi connectivity index (χ0) is 11.3. The van der Waals surface area contributed by atoms with Crippen molar-refractivity contribution in [2.24, 2.45) is 0 Å². The molecular weight excluding hydrogens is 193 g/mol. The molecule has 0 saturated heterocycles. The molecule has 0 fully saturated rings. The number of hydrogen-bond acceptors (Lipinski definition) is 2. The SMILES string of the molecule is CCCC(C)Nc1ccc(CO)c(F)c1. The van der Waals surface area contributed by atoms with Crippen LogP contribution in [-0.4, -0.2) is 11.1 Å². The van der Waals surface area contributed by atoms with Crippen LogP contribution in [-0.2, 0) is 6.61 Å². The first kappa shape index (κ1) is 12.0. The lowest BCUT2D eigenvalue weighted by Crippen LogP contribution is -2.14. The van der Waals surface area contributed by atoms with Gasteiger partial charge >= 0.3 is 0 Å². The molecule has 1 aromatic carbocycles. The molecule has 84 valence electrons. The Kier molecular flexibility index (Phi) is 4.56. The summed E-state index contributed by atoms with van der Waals surface area (Å²) in [5, 5.41) is 12.0. The van der Waals surface area contributed by atoms with Crippen LogP contribution in [0.1, 0.15) is 32.3 Å². The Balaban J connectivity index is 2.66. The molecule has 1 aromatic rings. The lowest BCUT2D eigenvalue weighted by atomic mass is 10.1. The van der Waals surface area contributed by atoms with Crippen LogP contribution in [0.4, 0.5) is 10.1 Å². The maximum absolute atomic E-state index is 13.3. The summed E-state index contributed by atoms with van der Waals surface area (Å²) in [7, 11) is 0. The molecule has 15 heavy (non-hydrogen) atoms. The second-order valence-corrected chi connectivity index (χ2v) is 3.80. The minimum Gasteiger partial charge on any atom is -0.392 e. The van der Waals surface area contributed by atoms with Crippen molar-refractivity contribution < 1.29 is 9.50 Å². The van der Waals surface area contributed by atoms with Gasteiger partial charge in [0.05, 0.1) is 6.61 Å². The number of benzene rings is 1. The second-order valence-electron chi connectivity index (χ2n) is 3.80. The van der Waals surface area contributed by atoms with Crippen molar-refractivity contribution in [1.29, 1.82) is 0 Å². The van der Waals surface area contributed by atoms with Gasteiger partial charge in [-0.25, -0.2) is 4.39 Å². The highest BCUT2D eigenvalue weighted by Crippen LogP contribution is 2.16. The fraction of sp³-hybridized carbons (Fsp3) is 0.500. The van der Waals surface area contributed by atoms with Gasteiger partial charge in [0.1, 0.15) is 5.82 Å². The van der Waals surface area contributed by atoms with E-state index in [1.807, 2.05) is 0 Å². The topological polar surface area (TPSA) is 32.3 Å². The van der Waals surface area contributed by atoms with E-state index in [1.165, 1.54) is 6.07 Å². The molecule has 0 heterocycles. The van der Waals surface area contributed by atoms with Gasteiger partial charge in [-0.3, -0.25) is 0 Å². The molecule has 0 aromatic heterocycles. The smallest absolute Gasteiger partial charge is 0.130 e. The van der Waals surface area contributed by atoms with E-state index in [0.717, 1.165) is 18.5 Å². The highest BCUT2D eigenvalue weighted by Gasteiger charge is 2.04. The van der Waals surface area contributed by atoms with Gasteiger partial charge in [-0.2, -0.15) is 0 Å². The van der Waals surface area contributed by atoms with Gasteiger partial charge in [0.15, 0.2) is 0 Å². The molecule has 1 rings (SSSR count). The first-order valence-electron chi connectivity index (χ1n) is 5.33. The number of anilines is 1. The summed E-state index contributed by atoms with van der Waals surface area (Å²) >= 11 is 0. The van der Waals surface area contributed by atoms with E-state index >= 15 is 0 Å². The van der Waals surface area contributed by atoms with E-state index in [9.17, 15) is 4.39 Å². The average molecular weight is 211 g/mol. The lowest BCUT2D eigenvalue weighted by Gasteiger charge is -2.14. The standard InChI is InChI=1S/C12H18FNO/c1-3-4-9(2)14-11-6-5-10(8-15)12(13)7-11/h5-7,9,14-15H,3-4,8H2,1-2H3. The van der Waals surface area contributed by atoms with Gasteiger partial charge in [-0.05, 0) is 25.5 Å². The first-order valence-corrected chi connectivity index (χ1v) is 5.33. The molecule has 1 unspecified atom stereocenters. The summed E-state index contributed by atoms with van der Waals surface area (Å²) in [5.74, 6) is -0.355. The van der Waals surface area contributed by atoms with Crippen LogP contribution in [0.25, 0.3) is 0 Å². The first-order chi connectivity index (χ1) is 7.17. The normalized spacial score (nSPS) is 12.5. The molecule has 3 heteroatoms. The summed E-state index contributed by atoms with van der Waals surface area (Å²) in [5.41, 5.74) is 1.11. The van der Waals surface area contributed by atoms with Crippen LogP contribution in [0, 0.1) is 5.82 Å². The highest BCUT2D eigenvalue weighted by atomic mass is 19.1. The number of aliphatic hydroxyl groups is 1. The summed E-state index contributed by atoms with van der Waals surface area (Å²) in [6.07, 6.45) is 2.16. The lowest BCUT2D eigenvalue weighted by molar-refractivity contribution is 0.276. The zero-order valence-electron chi connectivity index (χ0n) is 9.26. The molecule has 2 N–H and O–H groups in total. The monoisotopic (exact) mass is 211 g/mol. The molecule has 0 spiro atoms. The predicted molar refractivity (Wildman–Crippen MR) is 60.3 cm³/mol. The quantitative estimate of drug-likeness (QED) is 0.784. The number of nitrogens with one attached hydrogen (secondary N) is 1. The largest absolute Gasteiger partial charge is 0.392 e. The van der Waals surface area contributed by atoms with Crippen molar-refractivity contribution in [1.82, 2.24) is 0 Å². The minimum absolute atomic E-state index is 0.253. The molecular formula is C12H18FNO. The highest BCUT2D eigenvalue weighted by molar-refractivity contribution is 5.45. The zero-order valence-corrected chi connectivity index (χ0v) is 9.26. The Hall–Kier alpha value is -1.09. The molecule has 0 aliphatic rings.